The average molecular weight is 289 g/mol. The Morgan fingerprint density at radius 1 is 1.43 bits per heavy atom. The van der Waals surface area contributed by atoms with E-state index in [4.69, 9.17) is 10.5 Å². The number of nitrogens with two attached hydrogens (primary N) is 1. The molecule has 1 unspecified atom stereocenters. The highest BCUT2D eigenvalue weighted by Crippen LogP contribution is 2.31. The molecule has 1 saturated heterocycles. The van der Waals surface area contributed by atoms with Crippen LogP contribution in [0, 0.1) is 5.92 Å². The maximum Gasteiger partial charge on any atom is 0.253 e. The molecule has 0 radical (unpaired) electrons. The summed E-state index contributed by atoms with van der Waals surface area (Å²) in [6.07, 6.45) is 3.86. The minimum atomic E-state index is -0.115. The number of hydrogen-bond acceptors (Lipinski definition) is 4. The van der Waals surface area contributed by atoms with E-state index < -0.39 is 0 Å². The number of nitrogens with zero attached hydrogens (tertiary/aromatic N) is 1. The summed E-state index contributed by atoms with van der Waals surface area (Å²) in [4.78, 5) is 14.8. The number of carbonyl (C=O) groups excluding carboxylic acids is 1. The summed E-state index contributed by atoms with van der Waals surface area (Å²) in [6, 6.07) is 6.10. The predicted octanol–water partition coefficient (Wildman–Crippen LogP) is 1.49. The van der Waals surface area contributed by atoms with Gasteiger partial charge in [-0.05, 0) is 43.9 Å². The molecule has 1 aromatic rings. The molecule has 1 saturated carbocycles. The van der Waals surface area contributed by atoms with Crippen LogP contribution in [0.15, 0.2) is 18.2 Å². The molecule has 3 rings (SSSR count). The summed E-state index contributed by atoms with van der Waals surface area (Å²) < 4.78 is 5.15. The summed E-state index contributed by atoms with van der Waals surface area (Å²) in [7, 11) is 1.55. The number of ether oxygens (including phenoxy) is 1. The van der Waals surface area contributed by atoms with Gasteiger partial charge in [-0.3, -0.25) is 4.79 Å². The Kier molecular flexibility index (Phi) is 4.01. The van der Waals surface area contributed by atoms with E-state index >= 15 is 0 Å². The Bertz CT molecular complexity index is 528. The number of amides is 1. The zero-order chi connectivity index (χ0) is 14.8. The molecule has 21 heavy (non-hydrogen) atoms. The van der Waals surface area contributed by atoms with Gasteiger partial charge >= 0.3 is 0 Å². The van der Waals surface area contributed by atoms with Crippen molar-refractivity contribution in [3.05, 3.63) is 23.8 Å². The van der Waals surface area contributed by atoms with Gasteiger partial charge in [0, 0.05) is 19.1 Å². The Morgan fingerprint density at radius 3 is 2.95 bits per heavy atom. The Balaban J connectivity index is 1.54. The van der Waals surface area contributed by atoms with E-state index in [1.165, 1.54) is 25.8 Å². The summed E-state index contributed by atoms with van der Waals surface area (Å²) >= 11 is 0. The molecule has 5 nitrogen and oxygen atoms in total. The number of nitrogen functional groups attached to an aromatic ring is 1. The number of nitrogens with one attached hydrogen (secondary N) is 1. The van der Waals surface area contributed by atoms with Gasteiger partial charge in [-0.15, -0.1) is 0 Å². The molecule has 5 heteroatoms. The van der Waals surface area contributed by atoms with Crippen molar-refractivity contribution in [2.45, 2.75) is 25.3 Å². The van der Waals surface area contributed by atoms with Gasteiger partial charge in [0.25, 0.3) is 5.91 Å². The fraction of sp³-hybridized carbons (Fsp3) is 0.562. The lowest BCUT2D eigenvalue weighted by Gasteiger charge is -2.15. The largest absolute Gasteiger partial charge is 0.495 e. The van der Waals surface area contributed by atoms with Crippen LogP contribution in [0.1, 0.15) is 29.6 Å². The van der Waals surface area contributed by atoms with E-state index in [0.29, 0.717) is 22.9 Å². The average Bonchev–Trinajstić information content (AvgIpc) is 3.24. The first-order valence-corrected chi connectivity index (χ1v) is 7.63. The van der Waals surface area contributed by atoms with Crippen molar-refractivity contribution >= 4 is 11.6 Å². The summed E-state index contributed by atoms with van der Waals surface area (Å²) in [5, 5.41) is 3.01. The zero-order valence-corrected chi connectivity index (χ0v) is 12.5. The van der Waals surface area contributed by atoms with Gasteiger partial charge in [-0.2, -0.15) is 0 Å². The number of likely N-dealkylation sites (tertiary alicyclic amines) is 1. The van der Waals surface area contributed by atoms with E-state index in [-0.39, 0.29) is 5.91 Å². The summed E-state index contributed by atoms with van der Waals surface area (Å²) in [5.41, 5.74) is 6.85. The van der Waals surface area contributed by atoms with Gasteiger partial charge in [-0.1, -0.05) is 6.07 Å². The fourth-order valence-corrected chi connectivity index (χ4v) is 3.05. The Morgan fingerprint density at radius 2 is 2.24 bits per heavy atom. The first-order valence-electron chi connectivity index (χ1n) is 7.63. The van der Waals surface area contributed by atoms with Gasteiger partial charge in [0.2, 0.25) is 0 Å². The summed E-state index contributed by atoms with van der Waals surface area (Å²) in [6.45, 7) is 3.00. The topological polar surface area (TPSA) is 67.6 Å². The number of carbonyl (C=O) groups is 1. The molecular weight excluding hydrogens is 266 g/mol. The molecule has 1 heterocycles. The van der Waals surface area contributed by atoms with Gasteiger partial charge < -0.3 is 20.7 Å². The van der Waals surface area contributed by atoms with Crippen molar-refractivity contribution in [2.75, 3.05) is 32.5 Å². The van der Waals surface area contributed by atoms with E-state index in [9.17, 15) is 4.79 Å². The van der Waals surface area contributed by atoms with Crippen LogP contribution in [-0.2, 0) is 0 Å². The van der Waals surface area contributed by atoms with Crippen molar-refractivity contribution < 1.29 is 9.53 Å². The predicted molar refractivity (Wildman–Crippen MR) is 82.4 cm³/mol. The highest BCUT2D eigenvalue weighted by atomic mass is 16.5. The lowest BCUT2D eigenvalue weighted by atomic mass is 10.1. The molecule has 0 bridgehead atoms. The van der Waals surface area contributed by atoms with E-state index in [2.05, 4.69) is 10.2 Å². The second-order valence-corrected chi connectivity index (χ2v) is 6.01. The normalized spacial score (nSPS) is 22.2. The molecule has 114 valence electrons. The molecule has 1 atom stereocenters. The quantitative estimate of drug-likeness (QED) is 0.806. The van der Waals surface area contributed by atoms with Crippen molar-refractivity contribution in [2.24, 2.45) is 5.92 Å². The maximum absolute atomic E-state index is 12.3. The van der Waals surface area contributed by atoms with E-state index in [0.717, 1.165) is 19.1 Å². The highest BCUT2D eigenvalue weighted by Gasteiger charge is 2.34. The van der Waals surface area contributed by atoms with E-state index in [1.54, 1.807) is 25.3 Å². The second kappa shape index (κ2) is 5.93. The molecule has 1 amide bonds. The minimum absolute atomic E-state index is 0.115. The number of rotatable bonds is 5. The second-order valence-electron chi connectivity index (χ2n) is 6.01. The number of benzene rings is 1. The molecule has 1 aliphatic carbocycles. The first-order chi connectivity index (χ1) is 10.2. The smallest absolute Gasteiger partial charge is 0.253 e. The van der Waals surface area contributed by atoms with E-state index in [1.807, 2.05) is 0 Å². The van der Waals surface area contributed by atoms with Crippen LogP contribution in [-0.4, -0.2) is 43.6 Å². The van der Waals surface area contributed by atoms with Crippen LogP contribution in [0.25, 0.3) is 0 Å². The van der Waals surface area contributed by atoms with Crippen molar-refractivity contribution in [3.8, 4) is 5.75 Å². The lowest BCUT2D eigenvalue weighted by Crippen LogP contribution is -2.31. The van der Waals surface area contributed by atoms with Gasteiger partial charge in [-0.25, -0.2) is 0 Å². The third kappa shape index (κ3) is 3.13. The van der Waals surface area contributed by atoms with Crippen molar-refractivity contribution in [1.82, 2.24) is 10.2 Å². The zero-order valence-electron chi connectivity index (χ0n) is 12.5. The van der Waals surface area contributed by atoms with Crippen molar-refractivity contribution in [3.63, 3.8) is 0 Å². The van der Waals surface area contributed by atoms with Crippen LogP contribution in [0.5, 0.6) is 5.75 Å². The maximum atomic E-state index is 12.3. The Hall–Kier alpha value is -1.75. The standard InChI is InChI=1S/C16H23N3O2/c1-21-14-4-2-3-13(15(14)17)16(20)18-9-11-7-8-19(10-11)12-5-6-12/h2-4,11-12H,5-10,17H2,1H3,(H,18,20). The van der Waals surface area contributed by atoms with Gasteiger partial charge in [0.1, 0.15) is 5.75 Å². The number of anilines is 1. The first kappa shape index (κ1) is 14.2. The third-order valence-corrected chi connectivity index (χ3v) is 4.46. The van der Waals surface area contributed by atoms with Crippen LogP contribution in [0.2, 0.25) is 0 Å². The van der Waals surface area contributed by atoms with Crippen LogP contribution in [0.3, 0.4) is 0 Å². The van der Waals surface area contributed by atoms with Crippen LogP contribution >= 0.6 is 0 Å². The van der Waals surface area contributed by atoms with Gasteiger partial charge in [0.05, 0.1) is 18.4 Å². The van der Waals surface area contributed by atoms with Crippen LogP contribution < -0.4 is 15.8 Å². The Labute approximate surface area is 125 Å². The molecule has 1 aliphatic heterocycles. The molecule has 0 spiro atoms. The minimum Gasteiger partial charge on any atom is -0.495 e. The molecule has 2 fully saturated rings. The molecule has 1 aromatic carbocycles. The molecular formula is C16H23N3O2. The summed E-state index contributed by atoms with van der Waals surface area (Å²) in [5.74, 6) is 0.987. The molecule has 2 aliphatic rings. The number of hydrogen-bond donors (Lipinski definition) is 2. The van der Waals surface area contributed by atoms with Crippen molar-refractivity contribution in [1.29, 1.82) is 0 Å². The number of methoxy groups -OCH3 is 1. The number of para-hydroxylation sites is 1. The fourth-order valence-electron chi connectivity index (χ4n) is 3.05. The highest BCUT2D eigenvalue weighted by molar-refractivity contribution is 6.00. The van der Waals surface area contributed by atoms with Crippen LogP contribution in [0.4, 0.5) is 5.69 Å². The van der Waals surface area contributed by atoms with Gasteiger partial charge in [0.15, 0.2) is 0 Å². The third-order valence-electron chi connectivity index (χ3n) is 4.46. The SMILES string of the molecule is COc1cccc(C(=O)NCC2CCN(C3CC3)C2)c1N. The molecule has 0 aromatic heterocycles. The molecule has 3 N–H and O–H groups in total. The monoisotopic (exact) mass is 289 g/mol. The lowest BCUT2D eigenvalue weighted by molar-refractivity contribution is 0.0948.